The third-order valence-corrected chi connectivity index (χ3v) is 3.44. The third-order valence-electron chi connectivity index (χ3n) is 3.44. The number of likely N-dealkylation sites (N-methyl/N-ethyl adjacent to an activating group) is 1. The van der Waals surface area contributed by atoms with Crippen LogP contribution in [0, 0.1) is 5.41 Å². The highest BCUT2D eigenvalue weighted by Crippen LogP contribution is 2.41. The van der Waals surface area contributed by atoms with Gasteiger partial charge < -0.3 is 9.47 Å². The van der Waals surface area contributed by atoms with Crippen molar-refractivity contribution in [1.82, 2.24) is 4.90 Å². The minimum atomic E-state index is -0.236. The van der Waals surface area contributed by atoms with Crippen LogP contribution in [0.1, 0.15) is 33.6 Å². The summed E-state index contributed by atoms with van der Waals surface area (Å²) < 4.78 is 11.6. The van der Waals surface area contributed by atoms with Crippen molar-refractivity contribution in [2.24, 2.45) is 5.41 Å². The number of allylic oxidation sites excluding steroid dienone is 3. The maximum atomic E-state index is 12.2. The number of ether oxygens (including phenoxy) is 2. The standard InChI is InChI=1S/C15H23NO3/c1-6-18-12-7-10-11(17)8-15(2,3)9-13(10)19-14(12)16(4)5/h7,14H,6,8-9H2,1-5H3/t14-/m1/s1. The van der Waals surface area contributed by atoms with Crippen LogP contribution in [-0.2, 0) is 14.3 Å². The molecular weight excluding hydrogens is 242 g/mol. The molecule has 0 saturated heterocycles. The Labute approximate surface area is 115 Å². The smallest absolute Gasteiger partial charge is 0.209 e. The van der Waals surface area contributed by atoms with Gasteiger partial charge in [-0.3, -0.25) is 9.69 Å². The molecule has 0 amide bonds. The maximum Gasteiger partial charge on any atom is 0.209 e. The van der Waals surface area contributed by atoms with E-state index in [1.165, 1.54) is 0 Å². The maximum absolute atomic E-state index is 12.2. The van der Waals surface area contributed by atoms with Gasteiger partial charge in [0.2, 0.25) is 6.23 Å². The zero-order valence-electron chi connectivity index (χ0n) is 12.4. The molecule has 1 aliphatic carbocycles. The van der Waals surface area contributed by atoms with Crippen LogP contribution in [0.25, 0.3) is 0 Å². The van der Waals surface area contributed by atoms with Gasteiger partial charge in [0.05, 0.1) is 12.2 Å². The number of hydrogen-bond acceptors (Lipinski definition) is 4. The number of carbonyl (C=O) groups is 1. The molecule has 0 N–H and O–H groups in total. The van der Waals surface area contributed by atoms with Crippen LogP contribution in [0.2, 0.25) is 0 Å². The predicted molar refractivity (Wildman–Crippen MR) is 73.3 cm³/mol. The van der Waals surface area contributed by atoms with Crippen molar-refractivity contribution >= 4 is 5.78 Å². The van der Waals surface area contributed by atoms with E-state index in [1.54, 1.807) is 0 Å². The lowest BCUT2D eigenvalue weighted by molar-refractivity contribution is -0.119. The highest BCUT2D eigenvalue weighted by atomic mass is 16.6. The molecule has 0 fully saturated rings. The van der Waals surface area contributed by atoms with Gasteiger partial charge in [0.15, 0.2) is 11.5 Å². The number of ketones is 1. The molecule has 0 aromatic heterocycles. The summed E-state index contributed by atoms with van der Waals surface area (Å²) in [7, 11) is 3.89. The zero-order chi connectivity index (χ0) is 14.2. The van der Waals surface area contributed by atoms with Gasteiger partial charge in [-0.1, -0.05) is 13.8 Å². The van der Waals surface area contributed by atoms with Gasteiger partial charge in [0, 0.05) is 12.8 Å². The van der Waals surface area contributed by atoms with E-state index in [0.29, 0.717) is 18.6 Å². The van der Waals surface area contributed by atoms with Gasteiger partial charge in [-0.05, 0) is 32.5 Å². The lowest BCUT2D eigenvalue weighted by Crippen LogP contribution is -2.39. The lowest BCUT2D eigenvalue weighted by Gasteiger charge is -2.38. The Hall–Kier alpha value is -1.29. The van der Waals surface area contributed by atoms with Gasteiger partial charge in [0.25, 0.3) is 0 Å². The van der Waals surface area contributed by atoms with Crippen molar-refractivity contribution in [2.75, 3.05) is 20.7 Å². The van der Waals surface area contributed by atoms with Crippen LogP contribution in [0.3, 0.4) is 0 Å². The molecule has 2 aliphatic rings. The van der Waals surface area contributed by atoms with Crippen molar-refractivity contribution in [3.63, 3.8) is 0 Å². The van der Waals surface area contributed by atoms with Crippen LogP contribution >= 0.6 is 0 Å². The van der Waals surface area contributed by atoms with Crippen LogP contribution in [0.15, 0.2) is 23.2 Å². The van der Waals surface area contributed by atoms with E-state index in [9.17, 15) is 4.79 Å². The number of rotatable bonds is 3. The Bertz CT molecular complexity index is 446. The van der Waals surface area contributed by atoms with Gasteiger partial charge in [0.1, 0.15) is 5.76 Å². The van der Waals surface area contributed by atoms with E-state index in [-0.39, 0.29) is 17.4 Å². The molecule has 0 unspecified atom stereocenters. The zero-order valence-corrected chi connectivity index (χ0v) is 12.4. The Balaban J connectivity index is 2.36. The molecule has 0 aromatic rings. The van der Waals surface area contributed by atoms with E-state index in [1.807, 2.05) is 32.0 Å². The second-order valence-electron chi connectivity index (χ2n) is 6.19. The number of Topliss-reactive ketones (excluding diaryl/α,β-unsaturated/α-hetero) is 1. The SMILES string of the molecule is CCOC1=CC2=C(CC(C)(C)CC2=O)O[C@H]1N(C)C. The van der Waals surface area contributed by atoms with Gasteiger partial charge in [-0.2, -0.15) is 0 Å². The molecule has 0 radical (unpaired) electrons. The minimum Gasteiger partial charge on any atom is -0.493 e. The molecule has 0 spiro atoms. The van der Waals surface area contributed by atoms with Crippen LogP contribution < -0.4 is 0 Å². The Kier molecular flexibility index (Phi) is 3.72. The summed E-state index contributed by atoms with van der Waals surface area (Å²) >= 11 is 0. The highest BCUT2D eigenvalue weighted by molar-refractivity contribution is 6.00. The summed E-state index contributed by atoms with van der Waals surface area (Å²) in [6, 6.07) is 0. The molecule has 4 nitrogen and oxygen atoms in total. The molecule has 0 saturated carbocycles. The van der Waals surface area contributed by atoms with E-state index in [2.05, 4.69) is 13.8 Å². The second kappa shape index (κ2) is 5.00. The summed E-state index contributed by atoms with van der Waals surface area (Å²) in [6.45, 7) is 6.71. The second-order valence-corrected chi connectivity index (χ2v) is 6.19. The van der Waals surface area contributed by atoms with E-state index < -0.39 is 0 Å². The lowest BCUT2D eigenvalue weighted by atomic mass is 9.76. The first-order chi connectivity index (χ1) is 8.84. The Morgan fingerprint density at radius 3 is 2.68 bits per heavy atom. The van der Waals surface area contributed by atoms with Gasteiger partial charge >= 0.3 is 0 Å². The van der Waals surface area contributed by atoms with E-state index in [0.717, 1.165) is 17.9 Å². The third kappa shape index (κ3) is 2.84. The summed E-state index contributed by atoms with van der Waals surface area (Å²) in [4.78, 5) is 14.2. The quantitative estimate of drug-likeness (QED) is 0.786. The first-order valence-corrected chi connectivity index (χ1v) is 6.78. The van der Waals surface area contributed by atoms with Crippen LogP contribution in [0.4, 0.5) is 0 Å². The molecule has 4 heteroatoms. The number of hydrogen-bond donors (Lipinski definition) is 0. The topological polar surface area (TPSA) is 38.8 Å². The molecule has 1 heterocycles. The van der Waals surface area contributed by atoms with Crippen molar-refractivity contribution in [1.29, 1.82) is 0 Å². The molecule has 2 rings (SSSR count). The fraction of sp³-hybridized carbons (Fsp3) is 0.667. The van der Waals surface area contributed by atoms with E-state index >= 15 is 0 Å². The van der Waals surface area contributed by atoms with Gasteiger partial charge in [-0.25, -0.2) is 0 Å². The highest BCUT2D eigenvalue weighted by Gasteiger charge is 2.38. The summed E-state index contributed by atoms with van der Waals surface area (Å²) in [6.07, 6.45) is 3.00. The molecule has 0 aromatic carbocycles. The Morgan fingerprint density at radius 2 is 2.11 bits per heavy atom. The summed E-state index contributed by atoms with van der Waals surface area (Å²) in [5.74, 6) is 1.68. The van der Waals surface area contributed by atoms with Crippen LogP contribution in [0.5, 0.6) is 0 Å². The molecule has 1 atom stereocenters. The van der Waals surface area contributed by atoms with Gasteiger partial charge in [-0.15, -0.1) is 0 Å². The molecular formula is C15H23NO3. The van der Waals surface area contributed by atoms with Crippen LogP contribution in [-0.4, -0.2) is 37.6 Å². The number of carbonyl (C=O) groups excluding carboxylic acids is 1. The summed E-state index contributed by atoms with van der Waals surface area (Å²) in [5, 5.41) is 0. The number of nitrogens with zero attached hydrogens (tertiary/aromatic N) is 1. The van der Waals surface area contributed by atoms with E-state index in [4.69, 9.17) is 9.47 Å². The molecule has 106 valence electrons. The van der Waals surface area contributed by atoms with Crippen molar-refractivity contribution in [2.45, 2.75) is 39.8 Å². The minimum absolute atomic E-state index is 0.0241. The largest absolute Gasteiger partial charge is 0.493 e. The van der Waals surface area contributed by atoms with Crippen molar-refractivity contribution < 1.29 is 14.3 Å². The predicted octanol–water partition coefficient (Wildman–Crippen LogP) is 2.47. The molecule has 0 bridgehead atoms. The molecule has 1 aliphatic heterocycles. The normalized spacial score (nSPS) is 25.9. The molecule has 19 heavy (non-hydrogen) atoms. The first kappa shape index (κ1) is 14.1. The first-order valence-electron chi connectivity index (χ1n) is 6.78. The monoisotopic (exact) mass is 265 g/mol. The van der Waals surface area contributed by atoms with Crippen molar-refractivity contribution in [3.8, 4) is 0 Å². The summed E-state index contributed by atoms with van der Waals surface area (Å²) in [5.41, 5.74) is 0.671. The average Bonchev–Trinajstić information content (AvgIpc) is 2.28. The fourth-order valence-electron chi connectivity index (χ4n) is 2.59. The Morgan fingerprint density at radius 1 is 1.42 bits per heavy atom. The average molecular weight is 265 g/mol. The fourth-order valence-corrected chi connectivity index (χ4v) is 2.59. The van der Waals surface area contributed by atoms with Crippen molar-refractivity contribution in [3.05, 3.63) is 23.2 Å².